The van der Waals surface area contributed by atoms with Crippen molar-refractivity contribution in [3.63, 3.8) is 0 Å². The van der Waals surface area contributed by atoms with E-state index in [1.54, 1.807) is 0 Å². The van der Waals surface area contributed by atoms with Gasteiger partial charge < -0.3 is 14.6 Å². The Morgan fingerprint density at radius 2 is 2.00 bits per heavy atom. The van der Waals surface area contributed by atoms with Gasteiger partial charge >= 0.3 is 0 Å². The predicted octanol–water partition coefficient (Wildman–Crippen LogP) is 1.59. The Labute approximate surface area is 107 Å². The quantitative estimate of drug-likeness (QED) is 0.811. The number of hydrogen-bond donors (Lipinski definition) is 1. The maximum Gasteiger partial charge on any atom is 0.187 e. The molecule has 0 radical (unpaired) electrons. The zero-order chi connectivity index (χ0) is 13.6. The van der Waals surface area contributed by atoms with Gasteiger partial charge in [0.1, 0.15) is 5.60 Å². The Balaban J connectivity index is 2.27. The molecule has 100 valence electrons. The maximum absolute atomic E-state index is 11.9. The van der Waals surface area contributed by atoms with Crippen LogP contribution in [0.5, 0.6) is 0 Å². The first-order valence-corrected chi connectivity index (χ1v) is 6.18. The van der Waals surface area contributed by atoms with Crippen molar-refractivity contribution in [3.8, 4) is 0 Å². The number of allylic oxidation sites excluding steroid dienone is 1. The first-order valence-electron chi connectivity index (χ1n) is 6.18. The van der Waals surface area contributed by atoms with Gasteiger partial charge in [-0.2, -0.15) is 0 Å². The summed E-state index contributed by atoms with van der Waals surface area (Å²) in [6.07, 6.45) is 1.88. The van der Waals surface area contributed by atoms with E-state index in [0.717, 1.165) is 11.1 Å². The highest BCUT2D eigenvalue weighted by atomic mass is 16.7. The molecule has 1 fully saturated rings. The van der Waals surface area contributed by atoms with Gasteiger partial charge in [-0.15, -0.1) is 0 Å². The van der Waals surface area contributed by atoms with Crippen molar-refractivity contribution in [2.45, 2.75) is 38.6 Å². The molecule has 0 spiro atoms. The van der Waals surface area contributed by atoms with E-state index >= 15 is 0 Å². The van der Waals surface area contributed by atoms with Gasteiger partial charge in [0.05, 0.1) is 13.2 Å². The smallest absolute Gasteiger partial charge is 0.187 e. The SMILES string of the molecule is C=C1C(C)=CC(=O)[C@](C)(O)[C@@H]1CC1(C)OCCO1. The topological polar surface area (TPSA) is 55.8 Å². The van der Waals surface area contributed by atoms with Gasteiger partial charge in [0.25, 0.3) is 0 Å². The predicted molar refractivity (Wildman–Crippen MR) is 66.9 cm³/mol. The average Bonchev–Trinajstić information content (AvgIpc) is 2.70. The van der Waals surface area contributed by atoms with Crippen molar-refractivity contribution in [3.05, 3.63) is 23.8 Å². The third-order valence-corrected chi connectivity index (χ3v) is 3.93. The Morgan fingerprint density at radius 3 is 2.56 bits per heavy atom. The van der Waals surface area contributed by atoms with Gasteiger partial charge in [0.2, 0.25) is 0 Å². The maximum atomic E-state index is 11.9. The highest BCUT2D eigenvalue weighted by molar-refractivity contribution is 5.99. The highest BCUT2D eigenvalue weighted by Gasteiger charge is 2.47. The first-order chi connectivity index (χ1) is 8.26. The van der Waals surface area contributed by atoms with Gasteiger partial charge in [0.15, 0.2) is 11.6 Å². The number of hydrogen-bond acceptors (Lipinski definition) is 4. The fraction of sp³-hybridized carbons (Fsp3) is 0.643. The minimum absolute atomic E-state index is 0.279. The first kappa shape index (κ1) is 13.5. The minimum atomic E-state index is -1.44. The summed E-state index contributed by atoms with van der Waals surface area (Å²) in [7, 11) is 0. The van der Waals surface area contributed by atoms with Gasteiger partial charge in [-0.05, 0) is 38.0 Å². The lowest BCUT2D eigenvalue weighted by molar-refractivity contribution is -0.169. The number of ketones is 1. The van der Waals surface area contributed by atoms with Crippen molar-refractivity contribution >= 4 is 5.78 Å². The Hall–Kier alpha value is -0.970. The molecule has 1 saturated heterocycles. The molecule has 0 bridgehead atoms. The van der Waals surface area contributed by atoms with Crippen LogP contribution in [0.15, 0.2) is 23.8 Å². The van der Waals surface area contributed by atoms with Crippen molar-refractivity contribution in [2.75, 3.05) is 13.2 Å². The molecular weight excluding hydrogens is 232 g/mol. The Kier molecular flexibility index (Phi) is 3.21. The van der Waals surface area contributed by atoms with Crippen molar-refractivity contribution in [1.82, 2.24) is 0 Å². The molecule has 1 aliphatic carbocycles. The summed E-state index contributed by atoms with van der Waals surface area (Å²) in [5.74, 6) is -1.40. The van der Waals surface area contributed by atoms with Crippen LogP contribution in [-0.4, -0.2) is 35.5 Å². The van der Waals surface area contributed by atoms with Crippen molar-refractivity contribution in [2.24, 2.45) is 5.92 Å². The number of ether oxygens (including phenoxy) is 2. The summed E-state index contributed by atoms with van der Waals surface area (Å²) >= 11 is 0. The molecule has 0 aromatic carbocycles. The molecule has 0 aromatic heterocycles. The van der Waals surface area contributed by atoms with Gasteiger partial charge in [-0.1, -0.05) is 6.58 Å². The number of carbonyl (C=O) groups is 1. The summed E-state index contributed by atoms with van der Waals surface area (Å²) in [5.41, 5.74) is 0.160. The van der Waals surface area contributed by atoms with Crippen LogP contribution in [0.25, 0.3) is 0 Å². The van der Waals surface area contributed by atoms with Crippen LogP contribution in [-0.2, 0) is 14.3 Å². The van der Waals surface area contributed by atoms with E-state index in [1.807, 2.05) is 13.8 Å². The summed E-state index contributed by atoms with van der Waals surface area (Å²) in [4.78, 5) is 11.9. The van der Waals surface area contributed by atoms with Gasteiger partial charge in [0, 0.05) is 12.3 Å². The number of carbonyl (C=O) groups excluding carboxylic acids is 1. The fourth-order valence-electron chi connectivity index (χ4n) is 2.59. The standard InChI is InChI=1S/C14H20O4/c1-9-7-12(15)14(4,16)11(10(9)2)8-13(3)17-5-6-18-13/h7,11,16H,2,5-6,8H2,1,3-4H3/t11-,14-/m1/s1. The zero-order valence-corrected chi connectivity index (χ0v) is 11.2. The lowest BCUT2D eigenvalue weighted by atomic mass is 9.71. The minimum Gasteiger partial charge on any atom is -0.381 e. The molecule has 0 aromatic rings. The van der Waals surface area contributed by atoms with E-state index in [1.165, 1.54) is 13.0 Å². The van der Waals surface area contributed by atoms with Crippen molar-refractivity contribution < 1.29 is 19.4 Å². The summed E-state index contributed by atoms with van der Waals surface area (Å²) < 4.78 is 11.1. The van der Waals surface area contributed by atoms with Crippen LogP contribution in [0.3, 0.4) is 0 Å². The molecule has 2 rings (SSSR count). The summed E-state index contributed by atoms with van der Waals surface area (Å²) in [6, 6.07) is 0. The van der Waals surface area contributed by atoms with E-state index < -0.39 is 11.4 Å². The van der Waals surface area contributed by atoms with E-state index in [-0.39, 0.29) is 11.7 Å². The summed E-state index contributed by atoms with van der Waals surface area (Å²) in [5, 5.41) is 10.4. The molecule has 2 atom stereocenters. The Morgan fingerprint density at radius 1 is 1.44 bits per heavy atom. The second kappa shape index (κ2) is 4.30. The number of aliphatic hydroxyl groups is 1. The van der Waals surface area contributed by atoms with Gasteiger partial charge in [-0.25, -0.2) is 0 Å². The molecule has 4 heteroatoms. The zero-order valence-electron chi connectivity index (χ0n) is 11.2. The largest absolute Gasteiger partial charge is 0.381 e. The third-order valence-electron chi connectivity index (χ3n) is 3.93. The number of rotatable bonds is 2. The van der Waals surface area contributed by atoms with E-state index in [9.17, 15) is 9.90 Å². The molecule has 1 heterocycles. The molecule has 2 aliphatic rings. The Bertz CT molecular complexity index is 414. The second-order valence-corrected chi connectivity index (χ2v) is 5.45. The van der Waals surface area contributed by atoms with Crippen LogP contribution < -0.4 is 0 Å². The van der Waals surface area contributed by atoms with E-state index in [2.05, 4.69) is 6.58 Å². The fourth-order valence-corrected chi connectivity index (χ4v) is 2.59. The van der Waals surface area contributed by atoms with E-state index in [0.29, 0.717) is 19.6 Å². The highest BCUT2D eigenvalue weighted by Crippen LogP contribution is 2.41. The lowest BCUT2D eigenvalue weighted by Crippen LogP contribution is -2.48. The normalized spacial score (nSPS) is 35.8. The van der Waals surface area contributed by atoms with Crippen LogP contribution in [0, 0.1) is 5.92 Å². The molecule has 18 heavy (non-hydrogen) atoms. The molecular formula is C14H20O4. The molecule has 4 nitrogen and oxygen atoms in total. The second-order valence-electron chi connectivity index (χ2n) is 5.45. The third kappa shape index (κ3) is 2.16. The van der Waals surface area contributed by atoms with Crippen molar-refractivity contribution in [1.29, 1.82) is 0 Å². The van der Waals surface area contributed by atoms with E-state index in [4.69, 9.17) is 9.47 Å². The lowest BCUT2D eigenvalue weighted by Gasteiger charge is -2.39. The molecule has 0 amide bonds. The van der Waals surface area contributed by atoms with Crippen LogP contribution in [0.4, 0.5) is 0 Å². The molecule has 0 saturated carbocycles. The molecule has 0 unspecified atom stereocenters. The van der Waals surface area contributed by atoms with Crippen LogP contribution >= 0.6 is 0 Å². The average molecular weight is 252 g/mol. The monoisotopic (exact) mass is 252 g/mol. The summed E-state index contributed by atoms with van der Waals surface area (Å²) in [6.45, 7) is 10.3. The molecule has 1 N–H and O–H groups in total. The van der Waals surface area contributed by atoms with Crippen LogP contribution in [0.1, 0.15) is 27.2 Å². The van der Waals surface area contributed by atoms with Gasteiger partial charge in [-0.3, -0.25) is 4.79 Å². The molecule has 1 aliphatic heterocycles. The van der Waals surface area contributed by atoms with Crippen LogP contribution in [0.2, 0.25) is 0 Å².